The molecule has 4 aliphatic carbocycles. The second-order valence-corrected chi connectivity index (χ2v) is 10.9. The third-order valence-electron chi connectivity index (χ3n) is 9.53. The maximum Gasteiger partial charge on any atom is 0.302 e. The van der Waals surface area contributed by atoms with Crippen LogP contribution in [0.3, 0.4) is 0 Å². The average molecular weight is 365 g/mol. The monoisotopic (exact) mass is 364 g/mol. The molecule has 4 fully saturated rings. The van der Waals surface area contributed by atoms with Gasteiger partial charge in [-0.3, -0.25) is 4.79 Å². The van der Waals surface area contributed by atoms with Crippen molar-refractivity contribution in [1.29, 1.82) is 0 Å². The lowest BCUT2D eigenvalue weighted by molar-refractivity contribution is -0.246. The fourth-order valence-electron chi connectivity index (χ4n) is 8.19. The Balaban J connectivity index is 1.72. The minimum Gasteiger partial charge on any atom is -0.465 e. The number of hydrogen-bond acceptors (Lipinski definition) is 4. The quantitative estimate of drug-likeness (QED) is 0.734. The van der Waals surface area contributed by atoms with E-state index < -0.39 is 6.10 Å². The second kappa shape index (κ2) is 5.70. The fraction of sp³-hybridized carbons (Fsp3) is 0.955. The number of esters is 1. The van der Waals surface area contributed by atoms with Gasteiger partial charge >= 0.3 is 5.97 Å². The van der Waals surface area contributed by atoms with Gasteiger partial charge < -0.3 is 14.9 Å². The van der Waals surface area contributed by atoms with Gasteiger partial charge in [0.15, 0.2) is 0 Å². The lowest BCUT2D eigenvalue weighted by Crippen LogP contribution is -2.66. The van der Waals surface area contributed by atoms with Crippen LogP contribution in [0.25, 0.3) is 0 Å². The molecule has 0 aromatic heterocycles. The highest BCUT2D eigenvalue weighted by atomic mass is 16.5. The first-order chi connectivity index (χ1) is 12.1. The van der Waals surface area contributed by atoms with Gasteiger partial charge in [0.05, 0.1) is 18.8 Å². The van der Waals surface area contributed by atoms with Gasteiger partial charge in [0.25, 0.3) is 0 Å². The summed E-state index contributed by atoms with van der Waals surface area (Å²) in [6.45, 7) is 8.81. The molecule has 4 aliphatic rings. The van der Waals surface area contributed by atoms with Gasteiger partial charge in [-0.2, -0.15) is 0 Å². The Morgan fingerprint density at radius 3 is 2.46 bits per heavy atom. The predicted molar refractivity (Wildman–Crippen MR) is 99.3 cm³/mol. The zero-order valence-corrected chi connectivity index (χ0v) is 16.9. The van der Waals surface area contributed by atoms with Crippen molar-refractivity contribution in [2.45, 2.75) is 91.3 Å². The minimum atomic E-state index is -0.447. The summed E-state index contributed by atoms with van der Waals surface area (Å²) in [5, 5.41) is 22.7. The molecule has 0 amide bonds. The number of hydrogen-bond donors (Lipinski definition) is 2. The Hall–Kier alpha value is -0.610. The Morgan fingerprint density at radius 1 is 1.04 bits per heavy atom. The second-order valence-electron chi connectivity index (χ2n) is 10.9. The highest BCUT2D eigenvalue weighted by Gasteiger charge is 2.71. The Bertz CT molecular complexity index is 605. The van der Waals surface area contributed by atoms with Crippen molar-refractivity contribution < 1.29 is 19.7 Å². The van der Waals surface area contributed by atoms with E-state index in [1.165, 1.54) is 6.92 Å². The lowest BCUT2D eigenvalue weighted by atomic mass is 9.39. The summed E-state index contributed by atoms with van der Waals surface area (Å²) in [6.07, 6.45) is 7.42. The maximum atomic E-state index is 11.4. The molecule has 0 aromatic rings. The van der Waals surface area contributed by atoms with Crippen LogP contribution in [0.2, 0.25) is 0 Å². The summed E-state index contributed by atoms with van der Waals surface area (Å²) in [4.78, 5) is 11.4. The zero-order chi connectivity index (χ0) is 19.0. The Kier molecular flexibility index (Phi) is 4.11. The fourth-order valence-corrected chi connectivity index (χ4v) is 8.19. The van der Waals surface area contributed by atoms with E-state index in [4.69, 9.17) is 4.74 Å². The number of ether oxygens (including phenoxy) is 1. The minimum absolute atomic E-state index is 0.0175. The molecule has 0 aromatic carbocycles. The molecule has 2 N–H and O–H groups in total. The molecule has 1 unspecified atom stereocenters. The summed E-state index contributed by atoms with van der Waals surface area (Å²) in [7, 11) is 0. The first kappa shape index (κ1) is 18.7. The van der Waals surface area contributed by atoms with Gasteiger partial charge in [0.2, 0.25) is 0 Å². The van der Waals surface area contributed by atoms with Crippen molar-refractivity contribution in [1.82, 2.24) is 0 Å². The van der Waals surface area contributed by atoms with Crippen LogP contribution in [0, 0.1) is 33.5 Å². The Morgan fingerprint density at radius 2 is 1.77 bits per heavy atom. The van der Waals surface area contributed by atoms with Crippen molar-refractivity contribution in [3.05, 3.63) is 0 Å². The third kappa shape index (κ3) is 2.24. The molecule has 4 nitrogen and oxygen atoms in total. The molecule has 0 saturated heterocycles. The van der Waals surface area contributed by atoms with Gasteiger partial charge in [-0.1, -0.05) is 27.2 Å². The number of fused-ring (bicyclic) bond motifs is 3. The summed E-state index contributed by atoms with van der Waals surface area (Å²) in [5.41, 5.74) is -0.307. The van der Waals surface area contributed by atoms with Gasteiger partial charge in [0.1, 0.15) is 0 Å². The molecule has 0 aliphatic heterocycles. The van der Waals surface area contributed by atoms with Crippen molar-refractivity contribution in [2.24, 2.45) is 33.5 Å². The highest BCUT2D eigenvalue weighted by molar-refractivity contribution is 5.65. The van der Waals surface area contributed by atoms with Crippen LogP contribution in [0.15, 0.2) is 0 Å². The van der Waals surface area contributed by atoms with E-state index in [1.807, 2.05) is 0 Å². The van der Waals surface area contributed by atoms with E-state index in [0.717, 1.165) is 51.4 Å². The zero-order valence-electron chi connectivity index (χ0n) is 16.9. The predicted octanol–water partition coefficient (Wildman–Crippen LogP) is 3.68. The van der Waals surface area contributed by atoms with Gasteiger partial charge in [-0.15, -0.1) is 0 Å². The van der Waals surface area contributed by atoms with Crippen LogP contribution in [0.5, 0.6) is 0 Å². The van der Waals surface area contributed by atoms with Gasteiger partial charge in [-0.25, -0.2) is 0 Å². The number of aliphatic hydroxyl groups is 2. The molecule has 1 spiro atoms. The summed E-state index contributed by atoms with van der Waals surface area (Å²) < 4.78 is 5.48. The molecule has 0 heterocycles. The van der Waals surface area contributed by atoms with Crippen molar-refractivity contribution in [3.8, 4) is 0 Å². The molecule has 148 valence electrons. The van der Waals surface area contributed by atoms with Crippen LogP contribution in [-0.4, -0.2) is 35.0 Å². The molecule has 0 radical (unpaired) electrons. The van der Waals surface area contributed by atoms with Crippen LogP contribution >= 0.6 is 0 Å². The first-order valence-electron chi connectivity index (χ1n) is 10.6. The van der Waals surface area contributed by atoms with Gasteiger partial charge in [-0.05, 0) is 67.6 Å². The van der Waals surface area contributed by atoms with Crippen LogP contribution in [0.1, 0.15) is 79.1 Å². The summed E-state index contributed by atoms with van der Waals surface area (Å²) in [6, 6.07) is 0. The first-order valence-corrected chi connectivity index (χ1v) is 10.6. The molecule has 4 rings (SSSR count). The summed E-state index contributed by atoms with van der Waals surface area (Å²) in [5.74, 6) is 0.489. The average Bonchev–Trinajstić information content (AvgIpc) is 2.73. The SMILES string of the molecule is CC(=O)OC[C@@]1(C)CCC[C@]2(C)[C@@H]1C[C@@H](O)[C@@]13CC[C@@](C)(CC[C@@H]21)C3O. The maximum absolute atomic E-state index is 11.4. The lowest BCUT2D eigenvalue weighted by Gasteiger charge is -2.67. The van der Waals surface area contributed by atoms with Crippen LogP contribution < -0.4 is 0 Å². The molecular weight excluding hydrogens is 328 g/mol. The Labute approximate surface area is 157 Å². The smallest absolute Gasteiger partial charge is 0.302 e. The summed E-state index contributed by atoms with van der Waals surface area (Å²) >= 11 is 0. The highest BCUT2D eigenvalue weighted by Crippen LogP contribution is 2.73. The number of carbonyl (C=O) groups is 1. The van der Waals surface area contributed by atoms with Crippen LogP contribution in [-0.2, 0) is 9.53 Å². The van der Waals surface area contributed by atoms with Crippen molar-refractivity contribution in [3.63, 3.8) is 0 Å². The van der Waals surface area contributed by atoms with Crippen molar-refractivity contribution >= 4 is 5.97 Å². The number of carbonyl (C=O) groups excluding carboxylic acids is 1. The van der Waals surface area contributed by atoms with E-state index in [0.29, 0.717) is 18.4 Å². The normalized spacial score (nSPS) is 55.8. The number of aliphatic hydroxyl groups excluding tert-OH is 2. The van der Waals surface area contributed by atoms with E-state index in [-0.39, 0.29) is 33.7 Å². The molecule has 4 heteroatoms. The van der Waals surface area contributed by atoms with E-state index >= 15 is 0 Å². The molecule has 26 heavy (non-hydrogen) atoms. The van der Waals surface area contributed by atoms with E-state index in [2.05, 4.69) is 20.8 Å². The molecule has 8 atom stereocenters. The molecule has 2 bridgehead atoms. The topological polar surface area (TPSA) is 66.8 Å². The van der Waals surface area contributed by atoms with Crippen molar-refractivity contribution in [2.75, 3.05) is 6.61 Å². The molecule has 4 saturated carbocycles. The third-order valence-corrected chi connectivity index (χ3v) is 9.53. The van der Waals surface area contributed by atoms with E-state index in [1.54, 1.807) is 0 Å². The largest absolute Gasteiger partial charge is 0.465 e. The standard InChI is InChI=1S/C22H36O4/c1-14(23)26-13-20(3)7-5-8-21(4)15-6-9-19(2)10-11-22(15,18(19)25)17(24)12-16(20)21/h15-18,24-25H,5-13H2,1-4H3/t15-,16+,17+,18?,19+,20+,21-,22+/m0/s1. The van der Waals surface area contributed by atoms with Crippen LogP contribution in [0.4, 0.5) is 0 Å². The molecular formula is C22H36O4. The van der Waals surface area contributed by atoms with Gasteiger partial charge in [0, 0.05) is 17.8 Å². The van der Waals surface area contributed by atoms with E-state index in [9.17, 15) is 15.0 Å². The number of rotatable bonds is 2.